The molecule has 2 fully saturated rings. The van der Waals surface area contributed by atoms with E-state index in [1.165, 1.54) is 11.3 Å². The van der Waals surface area contributed by atoms with Crippen LogP contribution in [-0.2, 0) is 11.2 Å². The number of aromatic nitrogens is 2. The van der Waals surface area contributed by atoms with Crippen LogP contribution in [0.5, 0.6) is 5.75 Å². The van der Waals surface area contributed by atoms with Crippen LogP contribution < -0.4 is 9.64 Å². The third kappa shape index (κ3) is 7.22. The van der Waals surface area contributed by atoms with E-state index in [1.54, 1.807) is 6.20 Å². The summed E-state index contributed by atoms with van der Waals surface area (Å²) < 4.78 is 13.9. The summed E-state index contributed by atoms with van der Waals surface area (Å²) in [6.07, 6.45) is 6.37. The average Bonchev–Trinajstić information content (AvgIpc) is 2.94. The highest BCUT2D eigenvalue weighted by atomic mass is 32.2. The molecule has 0 saturated carbocycles. The van der Waals surface area contributed by atoms with E-state index in [0.29, 0.717) is 30.9 Å². The molecule has 202 valence electrons. The van der Waals surface area contributed by atoms with E-state index in [0.717, 1.165) is 56.1 Å². The molecular formula is C28H35N5O4S. The van der Waals surface area contributed by atoms with Gasteiger partial charge in [-0.05, 0) is 48.2 Å². The molecule has 38 heavy (non-hydrogen) atoms. The van der Waals surface area contributed by atoms with Crippen molar-refractivity contribution in [3.63, 3.8) is 0 Å². The molecule has 1 aromatic heterocycles. The van der Waals surface area contributed by atoms with Gasteiger partial charge >= 0.3 is 0 Å². The minimum atomic E-state index is 0. The number of ether oxygens (including phenoxy) is 2. The Balaban J connectivity index is 0.00000200. The van der Waals surface area contributed by atoms with Crippen LogP contribution in [-0.4, -0.2) is 77.0 Å². The molecule has 0 unspecified atom stereocenters. The number of benzene rings is 2. The maximum Gasteiger partial charge on any atom is 0.137 e. The minimum Gasteiger partial charge on any atom is -0.489 e. The van der Waals surface area contributed by atoms with Crippen molar-refractivity contribution in [1.82, 2.24) is 14.3 Å². The summed E-state index contributed by atoms with van der Waals surface area (Å²) in [6, 6.07) is 18.6. The van der Waals surface area contributed by atoms with Crippen LogP contribution in [0.25, 0.3) is 11.3 Å². The predicted molar refractivity (Wildman–Crippen MR) is 150 cm³/mol. The zero-order chi connectivity index (χ0) is 24.7. The van der Waals surface area contributed by atoms with Crippen molar-refractivity contribution in [2.45, 2.75) is 25.4 Å². The number of hydrogen-bond acceptors (Lipinski definition) is 8. The van der Waals surface area contributed by atoms with Crippen LogP contribution in [0, 0.1) is 11.3 Å². The van der Waals surface area contributed by atoms with Crippen molar-refractivity contribution in [3.8, 4) is 23.1 Å². The van der Waals surface area contributed by atoms with Crippen molar-refractivity contribution in [2.75, 3.05) is 50.5 Å². The minimum absolute atomic E-state index is 0. The zero-order valence-electron chi connectivity index (χ0n) is 21.6. The van der Waals surface area contributed by atoms with Crippen LogP contribution >= 0.6 is 11.9 Å². The molecule has 3 heterocycles. The third-order valence-electron chi connectivity index (χ3n) is 6.72. The first-order valence-electron chi connectivity index (χ1n) is 12.5. The van der Waals surface area contributed by atoms with Gasteiger partial charge in [0.05, 0.1) is 24.5 Å². The second kappa shape index (κ2) is 14.1. The lowest BCUT2D eigenvalue weighted by Gasteiger charge is -2.34. The molecule has 2 aliphatic heterocycles. The number of anilines is 1. The fourth-order valence-corrected chi connectivity index (χ4v) is 5.16. The SMILES string of the molecule is CSN1CCN(c2ccc(Cc3nccc(-c4ccc(OC5CCOCC5)c(C#N)c4)n3)cc2)CC1.O.O. The topological polar surface area (TPSA) is 138 Å². The normalized spacial score (nSPS) is 16.2. The van der Waals surface area contributed by atoms with Gasteiger partial charge in [-0.3, -0.25) is 0 Å². The third-order valence-corrected chi connectivity index (χ3v) is 7.61. The van der Waals surface area contributed by atoms with E-state index >= 15 is 0 Å². The van der Waals surface area contributed by atoms with Gasteiger partial charge in [-0.15, -0.1) is 0 Å². The Morgan fingerprint density at radius 1 is 1.03 bits per heavy atom. The molecule has 2 aromatic carbocycles. The molecule has 0 spiro atoms. The van der Waals surface area contributed by atoms with Crippen molar-refractivity contribution >= 4 is 17.6 Å². The number of nitrogens with zero attached hydrogens (tertiary/aromatic N) is 5. The number of nitriles is 1. The molecule has 9 nitrogen and oxygen atoms in total. The van der Waals surface area contributed by atoms with Crippen molar-refractivity contribution in [3.05, 3.63) is 71.7 Å². The molecule has 2 aliphatic rings. The molecule has 0 bridgehead atoms. The van der Waals surface area contributed by atoms with Gasteiger partial charge in [-0.1, -0.05) is 24.1 Å². The Morgan fingerprint density at radius 2 is 1.76 bits per heavy atom. The Hall–Kier alpha value is -3.20. The van der Waals surface area contributed by atoms with E-state index in [9.17, 15) is 5.26 Å². The van der Waals surface area contributed by atoms with E-state index < -0.39 is 0 Å². The van der Waals surface area contributed by atoms with Gasteiger partial charge in [0.1, 0.15) is 23.7 Å². The number of piperazine rings is 1. The van der Waals surface area contributed by atoms with Crippen LogP contribution in [0.1, 0.15) is 29.8 Å². The van der Waals surface area contributed by atoms with Gasteiger partial charge in [-0.2, -0.15) is 5.26 Å². The first-order chi connectivity index (χ1) is 17.7. The van der Waals surface area contributed by atoms with Crippen molar-refractivity contribution < 1.29 is 20.4 Å². The maximum absolute atomic E-state index is 9.72. The highest BCUT2D eigenvalue weighted by molar-refractivity contribution is 7.96. The highest BCUT2D eigenvalue weighted by Crippen LogP contribution is 2.28. The lowest BCUT2D eigenvalue weighted by atomic mass is 10.1. The molecule has 0 amide bonds. The lowest BCUT2D eigenvalue weighted by Crippen LogP contribution is -2.43. The average molecular weight is 538 g/mol. The first-order valence-corrected chi connectivity index (χ1v) is 13.6. The van der Waals surface area contributed by atoms with Gasteiger partial charge in [-0.25, -0.2) is 14.3 Å². The molecular weight excluding hydrogens is 502 g/mol. The van der Waals surface area contributed by atoms with Gasteiger partial charge < -0.3 is 25.3 Å². The fourth-order valence-electron chi connectivity index (χ4n) is 4.63. The Bertz CT molecular complexity index is 1210. The van der Waals surface area contributed by atoms with Crippen LogP contribution in [0.2, 0.25) is 0 Å². The van der Waals surface area contributed by atoms with Gasteiger partial charge in [0.2, 0.25) is 0 Å². The van der Waals surface area contributed by atoms with Crippen LogP contribution in [0.4, 0.5) is 5.69 Å². The Morgan fingerprint density at radius 3 is 2.45 bits per heavy atom. The molecule has 3 aromatic rings. The van der Waals surface area contributed by atoms with E-state index in [-0.39, 0.29) is 17.1 Å². The molecule has 0 radical (unpaired) electrons. The van der Waals surface area contributed by atoms with E-state index in [4.69, 9.17) is 14.5 Å². The largest absolute Gasteiger partial charge is 0.489 e. The summed E-state index contributed by atoms with van der Waals surface area (Å²) in [5.41, 5.74) is 4.65. The zero-order valence-corrected chi connectivity index (χ0v) is 22.4. The Labute approximate surface area is 228 Å². The summed E-state index contributed by atoms with van der Waals surface area (Å²) in [7, 11) is 0. The van der Waals surface area contributed by atoms with E-state index in [1.807, 2.05) is 36.2 Å². The summed E-state index contributed by atoms with van der Waals surface area (Å²) in [5.74, 6) is 1.38. The molecule has 0 aliphatic carbocycles. The van der Waals surface area contributed by atoms with Gasteiger partial charge in [0.25, 0.3) is 0 Å². The van der Waals surface area contributed by atoms with Crippen LogP contribution in [0.3, 0.4) is 0 Å². The van der Waals surface area contributed by atoms with E-state index in [2.05, 4.69) is 50.8 Å². The van der Waals surface area contributed by atoms with Gasteiger partial charge in [0.15, 0.2) is 0 Å². The molecule has 2 saturated heterocycles. The summed E-state index contributed by atoms with van der Waals surface area (Å²) >= 11 is 1.82. The standard InChI is InChI=1S/C28H31N5O2S.2H2O/c1-36-33-14-12-32(13-15-33)24-5-2-21(3-6-24)18-28-30-11-8-26(31-28)22-4-7-27(23(19-22)20-29)35-25-9-16-34-17-10-25;;/h2-8,11,19,25H,9-10,12-18H2,1H3;2*1H2. The Kier molecular flexibility index (Phi) is 10.9. The summed E-state index contributed by atoms with van der Waals surface area (Å²) in [6.45, 7) is 5.67. The lowest BCUT2D eigenvalue weighted by molar-refractivity contribution is 0.0254. The monoisotopic (exact) mass is 537 g/mol. The summed E-state index contributed by atoms with van der Waals surface area (Å²) in [4.78, 5) is 11.7. The predicted octanol–water partition coefficient (Wildman–Crippen LogP) is 2.91. The van der Waals surface area contributed by atoms with Gasteiger partial charge in [0, 0.05) is 62.9 Å². The number of rotatable bonds is 7. The maximum atomic E-state index is 9.72. The fraction of sp³-hybridized carbons (Fsp3) is 0.393. The molecule has 10 heteroatoms. The van der Waals surface area contributed by atoms with Crippen molar-refractivity contribution in [2.24, 2.45) is 0 Å². The molecule has 0 atom stereocenters. The molecule has 4 N–H and O–H groups in total. The second-order valence-corrected chi connectivity index (χ2v) is 9.93. The van der Waals surface area contributed by atoms with Crippen LogP contribution in [0.15, 0.2) is 54.7 Å². The smallest absolute Gasteiger partial charge is 0.137 e. The molecule has 5 rings (SSSR count). The number of hydrogen-bond donors (Lipinski definition) is 0. The summed E-state index contributed by atoms with van der Waals surface area (Å²) in [5, 5.41) is 9.72. The first kappa shape index (κ1) is 29.4. The second-order valence-electron chi connectivity index (χ2n) is 9.05. The van der Waals surface area contributed by atoms with Crippen molar-refractivity contribution in [1.29, 1.82) is 5.26 Å². The highest BCUT2D eigenvalue weighted by Gasteiger charge is 2.18. The quantitative estimate of drug-likeness (QED) is 0.420.